The van der Waals surface area contributed by atoms with E-state index in [0.29, 0.717) is 17.8 Å². The molecule has 148 valence electrons. The van der Waals surface area contributed by atoms with Gasteiger partial charge in [-0.25, -0.2) is 0 Å². The van der Waals surface area contributed by atoms with Crippen molar-refractivity contribution in [3.8, 4) is 0 Å². The number of benzene rings is 3. The summed E-state index contributed by atoms with van der Waals surface area (Å²) in [5, 5.41) is 2.88. The Bertz CT molecular complexity index is 941. The normalized spacial score (nSPS) is 10.3. The van der Waals surface area contributed by atoms with Crippen LogP contribution in [0.2, 0.25) is 0 Å². The number of hydrogen-bond donors (Lipinski definition) is 1. The van der Waals surface area contributed by atoms with Crippen molar-refractivity contribution in [1.82, 2.24) is 0 Å². The maximum Gasteiger partial charge on any atom is 0.258 e. The first-order valence-electron chi connectivity index (χ1n) is 9.61. The molecule has 29 heavy (non-hydrogen) atoms. The maximum atomic E-state index is 12.8. The number of nitrogens with zero attached hydrogens (tertiary/aromatic N) is 2. The van der Waals surface area contributed by atoms with E-state index in [1.54, 1.807) is 29.2 Å². The monoisotopic (exact) mass is 387 g/mol. The van der Waals surface area contributed by atoms with Crippen LogP contribution in [0.25, 0.3) is 0 Å². The van der Waals surface area contributed by atoms with Crippen LogP contribution in [-0.2, 0) is 4.79 Å². The summed E-state index contributed by atoms with van der Waals surface area (Å²) in [6.45, 7) is 2.76. The molecule has 0 saturated heterocycles. The molecule has 0 bridgehead atoms. The molecule has 5 heteroatoms. The van der Waals surface area contributed by atoms with E-state index >= 15 is 0 Å². The van der Waals surface area contributed by atoms with Crippen molar-refractivity contribution in [2.45, 2.75) is 6.92 Å². The van der Waals surface area contributed by atoms with Crippen LogP contribution in [0.4, 0.5) is 17.1 Å². The minimum absolute atomic E-state index is 0.0691. The third kappa shape index (κ3) is 5.23. The molecule has 0 saturated carbocycles. The summed E-state index contributed by atoms with van der Waals surface area (Å²) >= 11 is 0. The molecular weight excluding hydrogens is 362 g/mol. The van der Waals surface area contributed by atoms with Gasteiger partial charge in [-0.05, 0) is 55.5 Å². The van der Waals surface area contributed by atoms with Gasteiger partial charge in [-0.3, -0.25) is 9.59 Å². The number of para-hydroxylation sites is 2. The van der Waals surface area contributed by atoms with E-state index < -0.39 is 0 Å². The number of likely N-dealkylation sites (N-methyl/N-ethyl adjacent to an activating group) is 1. The Morgan fingerprint density at radius 2 is 1.34 bits per heavy atom. The molecule has 0 aliphatic rings. The van der Waals surface area contributed by atoms with Crippen molar-refractivity contribution in [3.05, 3.63) is 90.5 Å². The fraction of sp³-hybridized carbons (Fsp3) is 0.167. The Balaban J connectivity index is 1.62. The van der Waals surface area contributed by atoms with Crippen LogP contribution in [0.15, 0.2) is 84.9 Å². The van der Waals surface area contributed by atoms with Crippen LogP contribution >= 0.6 is 0 Å². The lowest BCUT2D eigenvalue weighted by Gasteiger charge is -2.21. The van der Waals surface area contributed by atoms with Crippen molar-refractivity contribution in [1.29, 1.82) is 0 Å². The van der Waals surface area contributed by atoms with E-state index in [-0.39, 0.29) is 18.4 Å². The SMILES string of the molecule is CCN(C(=O)c1ccc(NC(=O)CN(C)c2ccccc2)cc1)c1ccccc1. The number of anilines is 3. The topological polar surface area (TPSA) is 52.7 Å². The highest BCUT2D eigenvalue weighted by molar-refractivity contribution is 6.06. The first-order valence-corrected chi connectivity index (χ1v) is 9.61. The average Bonchev–Trinajstić information content (AvgIpc) is 2.76. The van der Waals surface area contributed by atoms with Crippen LogP contribution in [0, 0.1) is 0 Å². The van der Waals surface area contributed by atoms with Gasteiger partial charge in [0, 0.05) is 36.2 Å². The van der Waals surface area contributed by atoms with Gasteiger partial charge in [0.2, 0.25) is 5.91 Å². The largest absolute Gasteiger partial charge is 0.365 e. The van der Waals surface area contributed by atoms with Crippen molar-refractivity contribution in [3.63, 3.8) is 0 Å². The Labute approximate surface area is 171 Å². The molecule has 5 nitrogen and oxygen atoms in total. The number of hydrogen-bond acceptors (Lipinski definition) is 3. The number of carbonyl (C=O) groups is 2. The zero-order valence-electron chi connectivity index (χ0n) is 16.7. The first-order chi connectivity index (χ1) is 14.1. The second kappa shape index (κ2) is 9.55. The summed E-state index contributed by atoms with van der Waals surface area (Å²) in [5.41, 5.74) is 3.08. The third-order valence-electron chi connectivity index (χ3n) is 4.62. The lowest BCUT2D eigenvalue weighted by atomic mass is 10.1. The Hall–Kier alpha value is -3.60. The zero-order valence-corrected chi connectivity index (χ0v) is 16.7. The molecule has 3 aromatic rings. The molecule has 1 N–H and O–H groups in total. The minimum Gasteiger partial charge on any atom is -0.365 e. The molecule has 0 fully saturated rings. The van der Waals surface area contributed by atoms with Gasteiger partial charge >= 0.3 is 0 Å². The summed E-state index contributed by atoms with van der Waals surface area (Å²) in [7, 11) is 1.87. The van der Waals surface area contributed by atoms with Crippen LogP contribution in [0.5, 0.6) is 0 Å². The number of amides is 2. The Kier molecular flexibility index (Phi) is 6.63. The molecule has 0 aromatic heterocycles. The summed E-state index contributed by atoms with van der Waals surface area (Å²) < 4.78 is 0. The summed E-state index contributed by atoms with van der Waals surface area (Å²) in [5.74, 6) is -0.185. The van der Waals surface area contributed by atoms with Crippen LogP contribution in [0.1, 0.15) is 17.3 Å². The summed E-state index contributed by atoms with van der Waals surface area (Å²) in [6, 6.07) is 26.3. The number of nitrogens with one attached hydrogen (secondary N) is 1. The molecule has 0 unspecified atom stereocenters. The fourth-order valence-corrected chi connectivity index (χ4v) is 3.09. The third-order valence-corrected chi connectivity index (χ3v) is 4.62. The second-order valence-electron chi connectivity index (χ2n) is 6.70. The summed E-state index contributed by atoms with van der Waals surface area (Å²) in [4.78, 5) is 28.8. The number of rotatable bonds is 7. The van der Waals surface area contributed by atoms with Gasteiger partial charge in [-0.1, -0.05) is 36.4 Å². The Morgan fingerprint density at radius 1 is 0.793 bits per heavy atom. The molecule has 3 rings (SSSR count). The van der Waals surface area contributed by atoms with E-state index in [4.69, 9.17) is 0 Å². The van der Waals surface area contributed by atoms with Crippen LogP contribution < -0.4 is 15.1 Å². The molecule has 0 radical (unpaired) electrons. The maximum absolute atomic E-state index is 12.8. The van der Waals surface area contributed by atoms with Crippen molar-refractivity contribution >= 4 is 28.9 Å². The van der Waals surface area contributed by atoms with Crippen LogP contribution in [-0.4, -0.2) is 32.0 Å². The second-order valence-corrected chi connectivity index (χ2v) is 6.70. The lowest BCUT2D eigenvalue weighted by Crippen LogP contribution is -2.31. The molecular formula is C24H25N3O2. The van der Waals surface area contributed by atoms with Gasteiger partial charge in [0.15, 0.2) is 0 Å². The van der Waals surface area contributed by atoms with E-state index in [2.05, 4.69) is 5.32 Å². The van der Waals surface area contributed by atoms with Gasteiger partial charge in [0.05, 0.1) is 6.54 Å². The molecule has 0 spiro atoms. The van der Waals surface area contributed by atoms with Gasteiger partial charge in [0.25, 0.3) is 5.91 Å². The molecule has 0 heterocycles. The van der Waals surface area contributed by atoms with Gasteiger partial charge < -0.3 is 15.1 Å². The van der Waals surface area contributed by atoms with E-state index in [1.165, 1.54) is 0 Å². The number of carbonyl (C=O) groups excluding carboxylic acids is 2. The van der Waals surface area contributed by atoms with Gasteiger partial charge in [-0.15, -0.1) is 0 Å². The van der Waals surface area contributed by atoms with Gasteiger partial charge in [-0.2, -0.15) is 0 Å². The highest BCUT2D eigenvalue weighted by Crippen LogP contribution is 2.18. The standard InChI is InChI=1S/C24H25N3O2/c1-3-27(22-12-8-5-9-13-22)24(29)19-14-16-20(17-15-19)25-23(28)18-26(2)21-10-6-4-7-11-21/h4-17H,3,18H2,1-2H3,(H,25,28). The Morgan fingerprint density at radius 3 is 1.90 bits per heavy atom. The van der Waals surface area contributed by atoms with Crippen LogP contribution in [0.3, 0.4) is 0 Å². The zero-order chi connectivity index (χ0) is 20.6. The van der Waals surface area contributed by atoms with Gasteiger partial charge in [0.1, 0.15) is 0 Å². The fourth-order valence-electron chi connectivity index (χ4n) is 3.09. The average molecular weight is 387 g/mol. The minimum atomic E-state index is -0.116. The van der Waals surface area contributed by atoms with E-state index in [0.717, 1.165) is 11.4 Å². The smallest absolute Gasteiger partial charge is 0.258 e. The first kappa shape index (κ1) is 20.1. The predicted molar refractivity (Wildman–Crippen MR) is 119 cm³/mol. The van der Waals surface area contributed by atoms with E-state index in [9.17, 15) is 9.59 Å². The van der Waals surface area contributed by atoms with E-state index in [1.807, 2.05) is 79.5 Å². The van der Waals surface area contributed by atoms with Crippen molar-refractivity contribution in [2.24, 2.45) is 0 Å². The predicted octanol–water partition coefficient (Wildman–Crippen LogP) is 4.43. The molecule has 0 atom stereocenters. The summed E-state index contributed by atoms with van der Waals surface area (Å²) in [6.07, 6.45) is 0. The molecule has 2 amide bonds. The highest BCUT2D eigenvalue weighted by atomic mass is 16.2. The van der Waals surface area contributed by atoms with Crippen molar-refractivity contribution < 1.29 is 9.59 Å². The quantitative estimate of drug-likeness (QED) is 0.653. The highest BCUT2D eigenvalue weighted by Gasteiger charge is 2.16. The molecule has 3 aromatic carbocycles. The molecule has 0 aliphatic heterocycles. The lowest BCUT2D eigenvalue weighted by molar-refractivity contribution is -0.114. The van der Waals surface area contributed by atoms with Crippen molar-refractivity contribution in [2.75, 3.05) is 35.3 Å². The molecule has 0 aliphatic carbocycles.